The predicted octanol–water partition coefficient (Wildman–Crippen LogP) is 10.3. The maximum atomic E-state index is 12.0. The van der Waals surface area contributed by atoms with E-state index in [9.17, 15) is 39.6 Å². The summed E-state index contributed by atoms with van der Waals surface area (Å²) < 4.78 is 27.9. The van der Waals surface area contributed by atoms with Gasteiger partial charge in [-0.3, -0.25) is 38.8 Å². The van der Waals surface area contributed by atoms with Crippen molar-refractivity contribution in [2.45, 2.75) is 271 Å². The number of ether oxygens (including phenoxy) is 5. The average Bonchev–Trinajstić information content (AvgIpc) is 3.42. The first kappa shape index (κ1) is 77.2. The Bertz CT molecular complexity index is 1470. The van der Waals surface area contributed by atoms with Crippen molar-refractivity contribution in [3.05, 3.63) is 0 Å². The predicted molar refractivity (Wildman–Crippen MR) is 330 cm³/mol. The molecule has 0 spiro atoms. The van der Waals surface area contributed by atoms with Gasteiger partial charge in [-0.05, 0) is 118 Å². The Labute approximate surface area is 500 Å². The number of nitrogens with zero attached hydrogens (tertiary/aromatic N) is 4. The second-order valence-electron chi connectivity index (χ2n) is 23.4. The summed E-state index contributed by atoms with van der Waals surface area (Å²) in [4.78, 5) is 57.3. The number of esters is 4. The molecule has 1 heterocycles. The van der Waals surface area contributed by atoms with Crippen molar-refractivity contribution in [3.63, 3.8) is 0 Å². The maximum Gasteiger partial charge on any atom is 0.306 e. The fourth-order valence-corrected chi connectivity index (χ4v) is 12.1. The molecule has 0 amide bonds. The third kappa shape index (κ3) is 44.4. The van der Waals surface area contributed by atoms with Gasteiger partial charge in [0.15, 0.2) is 0 Å². The van der Waals surface area contributed by atoms with Gasteiger partial charge in [-0.15, -0.1) is 0 Å². The van der Waals surface area contributed by atoms with E-state index >= 15 is 0 Å². The van der Waals surface area contributed by atoms with Crippen LogP contribution in [0.2, 0.25) is 0 Å². The summed E-state index contributed by atoms with van der Waals surface area (Å²) in [5.41, 5.74) is -0.663. The molecular weight excluding hydrogens is 1070 g/mol. The van der Waals surface area contributed by atoms with Gasteiger partial charge in [-0.1, -0.05) is 113 Å². The van der Waals surface area contributed by atoms with E-state index in [1.165, 1.54) is 0 Å². The Balaban J connectivity index is 2.66. The van der Waals surface area contributed by atoms with Crippen molar-refractivity contribution in [2.75, 3.05) is 103 Å². The van der Waals surface area contributed by atoms with Gasteiger partial charge in [0.2, 0.25) is 0 Å². The van der Waals surface area contributed by atoms with Crippen LogP contribution in [0.5, 0.6) is 0 Å². The van der Waals surface area contributed by atoms with E-state index in [1.807, 2.05) is 49.3 Å². The first-order chi connectivity index (χ1) is 38.9. The summed E-state index contributed by atoms with van der Waals surface area (Å²) >= 11 is 0. The van der Waals surface area contributed by atoms with Crippen molar-refractivity contribution in [1.29, 1.82) is 0 Å². The lowest BCUT2D eigenvalue weighted by atomic mass is 10.0. The zero-order valence-electron chi connectivity index (χ0n) is 52.4. The SMILES string of the molecule is CCCCOC(=O)CCCCCCC(O)CN(CC(O)CCCCCCC(=O)OCCCC)C(C)(CCC)OCCN1CCN(CCSSCCCN(CC(O)CCCCC(=O)OC(C)C)CC(O)CCCCC(=O)OC(C)C)CC1. The first-order valence-corrected chi connectivity index (χ1v) is 34.6. The number of rotatable bonds is 55. The molecule has 5 atom stereocenters. The van der Waals surface area contributed by atoms with Crippen LogP contribution in [-0.2, 0) is 42.9 Å². The van der Waals surface area contributed by atoms with E-state index in [1.54, 1.807) is 0 Å². The Morgan fingerprint density at radius 3 is 1.32 bits per heavy atom. The fraction of sp³-hybridized carbons (Fsp3) is 0.935. The van der Waals surface area contributed by atoms with Gasteiger partial charge < -0.3 is 44.1 Å². The monoisotopic (exact) mass is 1190 g/mol. The number of piperazine rings is 1. The smallest absolute Gasteiger partial charge is 0.306 e. The van der Waals surface area contributed by atoms with Crippen LogP contribution in [0.15, 0.2) is 0 Å². The molecule has 19 heteroatoms. The Morgan fingerprint density at radius 2 is 0.877 bits per heavy atom. The molecular formula is C62H120N4O13S2. The summed E-state index contributed by atoms with van der Waals surface area (Å²) in [6, 6.07) is 0. The van der Waals surface area contributed by atoms with Crippen molar-refractivity contribution < 1.29 is 63.3 Å². The van der Waals surface area contributed by atoms with E-state index in [-0.39, 0.29) is 36.1 Å². The average molecular weight is 1190 g/mol. The van der Waals surface area contributed by atoms with Gasteiger partial charge in [0.25, 0.3) is 0 Å². The van der Waals surface area contributed by atoms with Crippen molar-refractivity contribution in [1.82, 2.24) is 19.6 Å². The zero-order chi connectivity index (χ0) is 59.9. The lowest BCUT2D eigenvalue weighted by molar-refractivity contribution is -0.169. The molecule has 0 aromatic rings. The van der Waals surface area contributed by atoms with Gasteiger partial charge in [-0.2, -0.15) is 0 Å². The van der Waals surface area contributed by atoms with Gasteiger partial charge in [-0.25, -0.2) is 0 Å². The van der Waals surface area contributed by atoms with Gasteiger partial charge in [0.1, 0.15) is 5.72 Å². The molecule has 0 aliphatic carbocycles. The number of unbranched alkanes of at least 4 members (excludes halogenated alkanes) is 10. The van der Waals surface area contributed by atoms with E-state index in [0.717, 1.165) is 166 Å². The number of carbonyl (C=O) groups excluding carboxylic acids is 4. The zero-order valence-corrected chi connectivity index (χ0v) is 54.1. The number of hydrogen-bond acceptors (Lipinski definition) is 19. The van der Waals surface area contributed by atoms with Crippen LogP contribution >= 0.6 is 21.6 Å². The third-order valence-corrected chi connectivity index (χ3v) is 17.1. The van der Waals surface area contributed by atoms with Crippen LogP contribution in [0, 0.1) is 0 Å². The van der Waals surface area contributed by atoms with Gasteiger partial charge in [0, 0.05) is 103 Å². The number of aliphatic hydroxyl groups is 4. The summed E-state index contributed by atoms with van der Waals surface area (Å²) in [6.07, 6.45) is 17.6. The topological polar surface area (TPSA) is 208 Å². The van der Waals surface area contributed by atoms with Crippen LogP contribution in [0.4, 0.5) is 0 Å². The normalized spacial score (nSPS) is 15.8. The fourth-order valence-electron chi connectivity index (χ4n) is 9.99. The van der Waals surface area contributed by atoms with Gasteiger partial charge >= 0.3 is 23.9 Å². The lowest BCUT2D eigenvalue weighted by Crippen LogP contribution is -2.55. The van der Waals surface area contributed by atoms with Crippen LogP contribution in [0.1, 0.15) is 229 Å². The van der Waals surface area contributed by atoms with Crippen LogP contribution in [0.3, 0.4) is 0 Å². The molecule has 81 heavy (non-hydrogen) atoms. The Hall–Kier alpha value is -1.78. The Kier molecular flexibility index (Phi) is 48.0. The summed E-state index contributed by atoms with van der Waals surface area (Å²) in [5, 5.41) is 44.8. The Morgan fingerprint density at radius 1 is 0.481 bits per heavy atom. The molecule has 478 valence electrons. The highest BCUT2D eigenvalue weighted by Gasteiger charge is 2.35. The first-order valence-electron chi connectivity index (χ1n) is 32.1. The highest BCUT2D eigenvalue weighted by Crippen LogP contribution is 2.27. The molecule has 1 fully saturated rings. The highest BCUT2D eigenvalue weighted by molar-refractivity contribution is 8.76. The van der Waals surface area contributed by atoms with E-state index in [4.69, 9.17) is 23.7 Å². The molecule has 0 aromatic carbocycles. The van der Waals surface area contributed by atoms with Crippen LogP contribution < -0.4 is 0 Å². The molecule has 0 radical (unpaired) electrons. The molecule has 5 unspecified atom stereocenters. The number of carbonyl (C=O) groups is 4. The standard InChI is InChI=1S/C62H120N4O13S2/c1-9-12-43-75-58(71)31-20-16-14-18-27-56(69)50-66(51-57(70)28-19-15-17-21-32-59(72)76-44-13-10-2)62(8,35-11-3)77-45-41-63-37-39-64(40-38-63)42-47-81-80-46-26-36-65(48-54(67)29-22-24-33-60(73)78-52(4)5)49-55(68)30-23-25-34-61(74)79-53(6)7/h52-57,67-70H,9-51H2,1-8H3. The molecule has 1 rings (SSSR count). The van der Waals surface area contributed by atoms with E-state index in [0.29, 0.717) is 110 Å². The molecule has 17 nitrogen and oxygen atoms in total. The second kappa shape index (κ2) is 50.4. The minimum Gasteiger partial charge on any atom is -0.466 e. The number of hydrogen-bond donors (Lipinski definition) is 4. The molecule has 1 saturated heterocycles. The van der Waals surface area contributed by atoms with Crippen LogP contribution in [0.25, 0.3) is 0 Å². The van der Waals surface area contributed by atoms with Gasteiger partial charge in [0.05, 0.1) is 56.4 Å². The maximum absolute atomic E-state index is 12.0. The van der Waals surface area contributed by atoms with E-state index in [2.05, 4.69) is 47.3 Å². The highest BCUT2D eigenvalue weighted by atomic mass is 33.1. The molecule has 0 aromatic heterocycles. The molecule has 1 aliphatic rings. The lowest BCUT2D eigenvalue weighted by Gasteiger charge is -2.43. The number of aliphatic hydroxyl groups excluding tert-OH is 4. The van der Waals surface area contributed by atoms with Crippen molar-refractivity contribution in [3.8, 4) is 0 Å². The largest absolute Gasteiger partial charge is 0.466 e. The molecule has 1 aliphatic heterocycles. The van der Waals surface area contributed by atoms with Crippen molar-refractivity contribution in [2.24, 2.45) is 0 Å². The second-order valence-corrected chi connectivity index (χ2v) is 26.1. The third-order valence-electron chi connectivity index (χ3n) is 14.7. The van der Waals surface area contributed by atoms with Crippen LogP contribution in [-0.4, -0.2) is 210 Å². The minimum absolute atomic E-state index is 0.127. The molecule has 0 saturated carbocycles. The summed E-state index contributed by atoms with van der Waals surface area (Å²) in [7, 11) is 3.77. The minimum atomic E-state index is -0.663. The summed E-state index contributed by atoms with van der Waals surface area (Å²) in [5.74, 6) is 1.32. The van der Waals surface area contributed by atoms with E-state index < -0.39 is 30.1 Å². The molecule has 4 N–H and O–H groups in total. The molecule has 0 bridgehead atoms. The van der Waals surface area contributed by atoms with Crippen molar-refractivity contribution >= 4 is 45.5 Å². The quantitative estimate of drug-likeness (QED) is 0.0147. The summed E-state index contributed by atoms with van der Waals surface area (Å²) in [6.45, 7) is 25.6.